The number of hydrogen-bond acceptors (Lipinski definition) is 5. The number of imidazole rings is 2. The molecule has 2 heterocycles. The smallest absolute Gasteiger partial charge is 0.308 e. The Balaban J connectivity index is 1.67. The lowest BCUT2D eigenvalue weighted by Crippen LogP contribution is -2.30. The summed E-state index contributed by atoms with van der Waals surface area (Å²) in [7, 11) is 1.26. The van der Waals surface area contributed by atoms with Crippen LogP contribution in [0.1, 0.15) is 28.5 Å². The van der Waals surface area contributed by atoms with Crippen LogP contribution in [0.25, 0.3) is 22.4 Å². The van der Waals surface area contributed by atoms with Gasteiger partial charge in [-0.05, 0) is 24.3 Å². The van der Waals surface area contributed by atoms with Crippen molar-refractivity contribution in [2.45, 2.75) is 12.5 Å². The lowest BCUT2D eigenvalue weighted by Gasteiger charge is -2.16. The number of halogens is 3. The number of H-pyrrole nitrogens is 2. The van der Waals surface area contributed by atoms with Crippen molar-refractivity contribution in [2.75, 3.05) is 7.11 Å². The number of carbonyl (C=O) groups is 2. The van der Waals surface area contributed by atoms with Crippen LogP contribution in [-0.2, 0) is 9.53 Å². The Morgan fingerprint density at radius 2 is 2.06 bits per heavy atom. The molecule has 32 heavy (non-hydrogen) atoms. The van der Waals surface area contributed by atoms with Gasteiger partial charge in [0.25, 0.3) is 5.91 Å². The summed E-state index contributed by atoms with van der Waals surface area (Å²) in [6, 6.07) is 6.58. The number of nitrogens with zero attached hydrogens (tertiary/aromatic N) is 2. The van der Waals surface area contributed by atoms with Gasteiger partial charge >= 0.3 is 5.97 Å². The van der Waals surface area contributed by atoms with E-state index in [0.717, 1.165) is 0 Å². The molecule has 0 radical (unpaired) electrons. The maximum Gasteiger partial charge on any atom is 0.308 e. The summed E-state index contributed by atoms with van der Waals surface area (Å²) in [6.45, 7) is 0. The SMILES string of the molecule is COC(=O)CC(NC(=O)c1cc(Cl)c2nc(-c3c(F)cccc3Cl)[nH]c2c1)c1cnc[nH]1. The summed E-state index contributed by atoms with van der Waals surface area (Å²) in [5.41, 5.74) is 1.63. The summed E-state index contributed by atoms with van der Waals surface area (Å²) in [5, 5.41) is 3.14. The zero-order valence-corrected chi connectivity index (χ0v) is 18.1. The maximum absolute atomic E-state index is 14.3. The van der Waals surface area contributed by atoms with Crippen LogP contribution in [0.15, 0.2) is 42.9 Å². The number of hydrogen-bond donors (Lipinski definition) is 3. The molecule has 0 fully saturated rings. The minimum absolute atomic E-state index is 0.0968. The minimum Gasteiger partial charge on any atom is -0.469 e. The molecule has 0 saturated heterocycles. The Morgan fingerprint density at radius 3 is 2.75 bits per heavy atom. The van der Waals surface area contributed by atoms with Gasteiger partial charge in [0.05, 0.1) is 58.9 Å². The Kier molecular flexibility index (Phi) is 6.11. The van der Waals surface area contributed by atoms with Gasteiger partial charge in [-0.3, -0.25) is 9.59 Å². The molecule has 0 bridgehead atoms. The predicted molar refractivity (Wildman–Crippen MR) is 117 cm³/mol. The standard InChI is InChI=1S/C21H16Cl2FN5O3/c1-32-17(30)7-14(16-8-25-9-26-16)28-21(31)10-5-12(23)19-15(6-10)27-20(29-19)18-11(22)3-2-4-13(18)24/h2-6,8-9,14H,7H2,1H3,(H,25,26)(H,27,29)(H,28,31). The van der Waals surface area contributed by atoms with E-state index in [9.17, 15) is 14.0 Å². The molecule has 0 spiro atoms. The first-order valence-electron chi connectivity index (χ1n) is 9.37. The van der Waals surface area contributed by atoms with E-state index in [1.165, 1.54) is 43.9 Å². The van der Waals surface area contributed by atoms with Gasteiger partial charge < -0.3 is 20.0 Å². The summed E-state index contributed by atoms with van der Waals surface area (Å²) in [5.74, 6) is -1.35. The van der Waals surface area contributed by atoms with Gasteiger partial charge in [-0.2, -0.15) is 0 Å². The van der Waals surface area contributed by atoms with Crippen LogP contribution in [-0.4, -0.2) is 38.9 Å². The highest BCUT2D eigenvalue weighted by Crippen LogP contribution is 2.32. The molecule has 0 saturated carbocycles. The quantitative estimate of drug-likeness (QED) is 0.357. The molecule has 8 nitrogen and oxygen atoms in total. The third kappa shape index (κ3) is 4.30. The van der Waals surface area contributed by atoms with E-state index in [-0.39, 0.29) is 33.4 Å². The number of amides is 1. The van der Waals surface area contributed by atoms with Gasteiger partial charge in [0.15, 0.2) is 0 Å². The van der Waals surface area contributed by atoms with E-state index in [4.69, 9.17) is 27.9 Å². The summed E-state index contributed by atoms with van der Waals surface area (Å²) < 4.78 is 19.0. The fourth-order valence-corrected chi connectivity index (χ4v) is 3.75. The van der Waals surface area contributed by atoms with Gasteiger partial charge in [-0.15, -0.1) is 0 Å². The fraction of sp³-hybridized carbons (Fsp3) is 0.143. The normalized spacial score (nSPS) is 12.0. The molecule has 11 heteroatoms. The van der Waals surface area contributed by atoms with Crippen LogP contribution >= 0.6 is 23.2 Å². The number of esters is 1. The van der Waals surface area contributed by atoms with Gasteiger partial charge in [0.1, 0.15) is 17.2 Å². The molecule has 2 aromatic heterocycles. The van der Waals surface area contributed by atoms with Gasteiger partial charge in [0.2, 0.25) is 0 Å². The van der Waals surface area contributed by atoms with Crippen molar-refractivity contribution >= 4 is 46.1 Å². The number of nitrogens with one attached hydrogen (secondary N) is 3. The molecular weight excluding hydrogens is 460 g/mol. The van der Waals surface area contributed by atoms with Crippen molar-refractivity contribution in [3.05, 3.63) is 70.0 Å². The van der Waals surface area contributed by atoms with Crippen molar-refractivity contribution in [1.82, 2.24) is 25.3 Å². The first-order valence-corrected chi connectivity index (χ1v) is 10.1. The molecule has 4 rings (SSSR count). The molecule has 2 aromatic carbocycles. The van der Waals surface area contributed by atoms with E-state index in [0.29, 0.717) is 16.7 Å². The zero-order chi connectivity index (χ0) is 22.8. The predicted octanol–water partition coefficient (Wildman–Crippen LogP) is 4.43. The largest absolute Gasteiger partial charge is 0.469 e. The van der Waals surface area contributed by atoms with Gasteiger partial charge in [-0.25, -0.2) is 14.4 Å². The first-order chi connectivity index (χ1) is 15.4. The Bertz CT molecular complexity index is 1290. The summed E-state index contributed by atoms with van der Waals surface area (Å²) in [6.07, 6.45) is 2.85. The molecule has 0 aliphatic carbocycles. The molecule has 1 amide bonds. The number of aromatic nitrogens is 4. The van der Waals surface area contributed by atoms with Crippen LogP contribution in [0.4, 0.5) is 4.39 Å². The van der Waals surface area contributed by atoms with Crippen molar-refractivity contribution < 1.29 is 18.7 Å². The number of fused-ring (bicyclic) bond motifs is 1. The lowest BCUT2D eigenvalue weighted by atomic mass is 10.1. The van der Waals surface area contributed by atoms with Gasteiger partial charge in [0, 0.05) is 5.56 Å². The molecule has 1 unspecified atom stereocenters. The third-order valence-electron chi connectivity index (χ3n) is 4.80. The molecule has 164 valence electrons. The number of methoxy groups -OCH3 is 1. The van der Waals surface area contributed by atoms with Gasteiger partial charge in [-0.1, -0.05) is 29.3 Å². The second-order valence-electron chi connectivity index (χ2n) is 6.85. The Labute approximate surface area is 191 Å². The lowest BCUT2D eigenvalue weighted by molar-refractivity contribution is -0.141. The second-order valence-corrected chi connectivity index (χ2v) is 7.66. The third-order valence-corrected chi connectivity index (χ3v) is 5.40. The molecule has 4 aromatic rings. The van der Waals surface area contributed by atoms with Crippen molar-refractivity contribution in [2.24, 2.45) is 0 Å². The highest BCUT2D eigenvalue weighted by Gasteiger charge is 2.22. The van der Waals surface area contributed by atoms with Crippen LogP contribution in [0, 0.1) is 5.82 Å². The van der Waals surface area contributed by atoms with Crippen LogP contribution < -0.4 is 5.32 Å². The monoisotopic (exact) mass is 475 g/mol. The Morgan fingerprint density at radius 1 is 1.25 bits per heavy atom. The summed E-state index contributed by atoms with van der Waals surface area (Å²) in [4.78, 5) is 38.8. The highest BCUT2D eigenvalue weighted by atomic mass is 35.5. The van der Waals surface area contributed by atoms with E-state index in [1.54, 1.807) is 6.07 Å². The van der Waals surface area contributed by atoms with E-state index in [1.807, 2.05) is 0 Å². The number of ether oxygens (including phenoxy) is 1. The molecule has 1 atom stereocenters. The molecule has 3 N–H and O–H groups in total. The molecule has 0 aliphatic rings. The van der Waals surface area contributed by atoms with Crippen LogP contribution in [0.5, 0.6) is 0 Å². The number of rotatable bonds is 6. The van der Waals surface area contributed by atoms with Crippen LogP contribution in [0.3, 0.4) is 0 Å². The van der Waals surface area contributed by atoms with Crippen molar-refractivity contribution in [3.8, 4) is 11.4 Å². The average molecular weight is 476 g/mol. The second kappa shape index (κ2) is 8.97. The van der Waals surface area contributed by atoms with Crippen molar-refractivity contribution in [3.63, 3.8) is 0 Å². The fourth-order valence-electron chi connectivity index (χ4n) is 3.24. The minimum atomic E-state index is -0.693. The van der Waals surface area contributed by atoms with E-state index < -0.39 is 23.7 Å². The van der Waals surface area contributed by atoms with E-state index >= 15 is 0 Å². The number of carbonyl (C=O) groups excluding carboxylic acids is 2. The average Bonchev–Trinajstić information content (AvgIpc) is 3.43. The summed E-state index contributed by atoms with van der Waals surface area (Å²) >= 11 is 12.5. The first kappa shape index (κ1) is 21.8. The maximum atomic E-state index is 14.3. The van der Waals surface area contributed by atoms with Crippen molar-refractivity contribution in [1.29, 1.82) is 0 Å². The Hall–Kier alpha value is -3.43. The van der Waals surface area contributed by atoms with E-state index in [2.05, 4.69) is 25.3 Å². The topological polar surface area (TPSA) is 113 Å². The number of benzene rings is 2. The zero-order valence-electron chi connectivity index (χ0n) is 16.6. The van der Waals surface area contributed by atoms with Crippen LogP contribution in [0.2, 0.25) is 10.0 Å². The highest BCUT2D eigenvalue weighted by molar-refractivity contribution is 6.35. The molecule has 0 aliphatic heterocycles. The molecular formula is C21H16Cl2FN5O3. The number of aromatic amines is 2.